The molecule has 0 aliphatic carbocycles. The van der Waals surface area contributed by atoms with Gasteiger partial charge in [0, 0.05) is 4.47 Å². The van der Waals surface area contributed by atoms with Crippen molar-refractivity contribution in [3.63, 3.8) is 0 Å². The molecule has 6 heteroatoms. The molecular weight excluding hydrogens is 277 g/mol. The topological polar surface area (TPSA) is 26.3 Å². The van der Waals surface area contributed by atoms with Crippen molar-refractivity contribution in [3.8, 4) is 5.75 Å². The molecule has 0 heterocycles. The standard InChI is InChI=1S/C9H6BrF3O2/c1-5-2-3-6(10)4-7(5)15-8(14)9(11,12)13/h2-4H,1H3. The summed E-state index contributed by atoms with van der Waals surface area (Å²) in [4.78, 5) is 10.5. The number of hydrogen-bond donors (Lipinski definition) is 0. The number of carbonyl (C=O) groups is 1. The lowest BCUT2D eigenvalue weighted by molar-refractivity contribution is -0.189. The summed E-state index contributed by atoms with van der Waals surface area (Å²) in [6, 6.07) is 4.49. The minimum atomic E-state index is -4.98. The van der Waals surface area contributed by atoms with Crippen LogP contribution in [-0.2, 0) is 4.79 Å². The Hall–Kier alpha value is -1.04. The van der Waals surface area contributed by atoms with Gasteiger partial charge in [-0.15, -0.1) is 0 Å². The Balaban J connectivity index is 2.90. The summed E-state index contributed by atoms with van der Waals surface area (Å²) in [6.07, 6.45) is -4.98. The van der Waals surface area contributed by atoms with Crippen LogP contribution in [0.3, 0.4) is 0 Å². The highest BCUT2D eigenvalue weighted by Crippen LogP contribution is 2.25. The van der Waals surface area contributed by atoms with E-state index >= 15 is 0 Å². The van der Waals surface area contributed by atoms with Crippen molar-refractivity contribution in [2.75, 3.05) is 0 Å². The summed E-state index contributed by atoms with van der Waals surface area (Å²) in [5.74, 6) is -2.32. The molecule has 0 bridgehead atoms. The molecule has 0 amide bonds. The molecule has 0 N–H and O–H groups in total. The summed E-state index contributed by atoms with van der Waals surface area (Å²) in [5, 5.41) is 0. The van der Waals surface area contributed by atoms with Crippen molar-refractivity contribution in [1.29, 1.82) is 0 Å². The third kappa shape index (κ3) is 3.23. The number of hydrogen-bond acceptors (Lipinski definition) is 2. The van der Waals surface area contributed by atoms with Crippen LogP contribution in [0.15, 0.2) is 22.7 Å². The molecule has 0 spiro atoms. The molecule has 82 valence electrons. The normalized spacial score (nSPS) is 11.3. The molecule has 0 aliphatic heterocycles. The molecule has 0 radical (unpaired) electrons. The summed E-state index contributed by atoms with van der Waals surface area (Å²) in [6.45, 7) is 1.55. The van der Waals surface area contributed by atoms with Crippen LogP contribution < -0.4 is 4.74 Å². The molecule has 0 saturated heterocycles. The zero-order valence-corrected chi connectivity index (χ0v) is 9.15. The molecular formula is C9H6BrF3O2. The summed E-state index contributed by atoms with van der Waals surface area (Å²) >= 11 is 3.06. The molecule has 0 atom stereocenters. The zero-order valence-electron chi connectivity index (χ0n) is 7.56. The number of benzene rings is 1. The van der Waals surface area contributed by atoms with Gasteiger partial charge in [0.1, 0.15) is 5.75 Å². The van der Waals surface area contributed by atoms with Crippen LogP contribution in [0, 0.1) is 6.92 Å². The van der Waals surface area contributed by atoms with E-state index < -0.39 is 12.1 Å². The number of halogens is 4. The quantitative estimate of drug-likeness (QED) is 0.584. The Morgan fingerprint density at radius 1 is 1.40 bits per heavy atom. The van der Waals surface area contributed by atoms with Gasteiger partial charge >= 0.3 is 12.1 Å². The maximum absolute atomic E-state index is 11.9. The molecule has 1 aromatic carbocycles. The molecule has 0 saturated carbocycles. The van der Waals surface area contributed by atoms with Gasteiger partial charge in [0.15, 0.2) is 0 Å². The van der Waals surface area contributed by atoms with Gasteiger partial charge in [-0.1, -0.05) is 22.0 Å². The average molecular weight is 283 g/mol. The van der Waals surface area contributed by atoms with Gasteiger partial charge < -0.3 is 4.74 Å². The first-order chi connectivity index (χ1) is 6.80. The van der Waals surface area contributed by atoms with Gasteiger partial charge in [0.25, 0.3) is 0 Å². The number of esters is 1. The number of carbonyl (C=O) groups excluding carboxylic acids is 1. The second-order valence-corrected chi connectivity index (χ2v) is 3.71. The number of aryl methyl sites for hydroxylation is 1. The predicted octanol–water partition coefficient (Wildman–Crippen LogP) is 3.23. The Morgan fingerprint density at radius 2 is 2.00 bits per heavy atom. The van der Waals surface area contributed by atoms with Crippen LogP contribution in [-0.4, -0.2) is 12.1 Å². The summed E-state index contributed by atoms with van der Waals surface area (Å²) < 4.78 is 40.4. The molecule has 0 aliphatic rings. The molecule has 0 unspecified atom stereocenters. The van der Waals surface area contributed by atoms with E-state index in [9.17, 15) is 18.0 Å². The maximum atomic E-state index is 11.9. The molecule has 15 heavy (non-hydrogen) atoms. The van der Waals surface area contributed by atoms with Crippen molar-refractivity contribution in [3.05, 3.63) is 28.2 Å². The molecule has 1 rings (SSSR count). The van der Waals surface area contributed by atoms with E-state index in [1.165, 1.54) is 6.07 Å². The third-order valence-electron chi connectivity index (χ3n) is 1.58. The van der Waals surface area contributed by atoms with Gasteiger partial charge in [-0.2, -0.15) is 13.2 Å². The SMILES string of the molecule is Cc1ccc(Br)cc1OC(=O)C(F)(F)F. The van der Waals surface area contributed by atoms with Crippen molar-refractivity contribution < 1.29 is 22.7 Å². The van der Waals surface area contributed by atoms with Gasteiger partial charge in [-0.05, 0) is 24.6 Å². The van der Waals surface area contributed by atoms with Crippen LogP contribution in [0.2, 0.25) is 0 Å². The van der Waals surface area contributed by atoms with Gasteiger partial charge in [0.2, 0.25) is 0 Å². The predicted molar refractivity (Wildman–Crippen MR) is 50.6 cm³/mol. The van der Waals surface area contributed by atoms with Crippen molar-refractivity contribution in [1.82, 2.24) is 0 Å². The smallest absolute Gasteiger partial charge is 0.420 e. The van der Waals surface area contributed by atoms with Gasteiger partial charge in [-0.25, -0.2) is 4.79 Å². The van der Waals surface area contributed by atoms with Crippen LogP contribution in [0.1, 0.15) is 5.56 Å². The maximum Gasteiger partial charge on any atom is 0.491 e. The van der Waals surface area contributed by atoms with Crippen molar-refractivity contribution >= 4 is 21.9 Å². The zero-order chi connectivity index (χ0) is 11.6. The van der Waals surface area contributed by atoms with Gasteiger partial charge in [-0.3, -0.25) is 0 Å². The fourth-order valence-corrected chi connectivity index (χ4v) is 1.18. The van der Waals surface area contributed by atoms with Crippen molar-refractivity contribution in [2.24, 2.45) is 0 Å². The second-order valence-electron chi connectivity index (χ2n) is 2.80. The largest absolute Gasteiger partial charge is 0.491 e. The monoisotopic (exact) mass is 282 g/mol. The number of ether oxygens (including phenoxy) is 1. The molecule has 0 fully saturated rings. The Morgan fingerprint density at radius 3 is 2.53 bits per heavy atom. The van der Waals surface area contributed by atoms with E-state index in [1.807, 2.05) is 0 Å². The van der Waals surface area contributed by atoms with E-state index in [0.717, 1.165) is 0 Å². The minimum absolute atomic E-state index is 0.105. The lowest BCUT2D eigenvalue weighted by Gasteiger charge is -2.09. The van der Waals surface area contributed by atoms with Crippen LogP contribution in [0.4, 0.5) is 13.2 Å². The first kappa shape index (κ1) is 12.0. The van der Waals surface area contributed by atoms with E-state index in [-0.39, 0.29) is 5.75 Å². The third-order valence-corrected chi connectivity index (χ3v) is 2.08. The number of rotatable bonds is 1. The molecule has 0 aromatic heterocycles. The highest BCUT2D eigenvalue weighted by molar-refractivity contribution is 9.10. The van der Waals surface area contributed by atoms with Gasteiger partial charge in [0.05, 0.1) is 0 Å². The Bertz CT molecular complexity index is 387. The van der Waals surface area contributed by atoms with E-state index in [2.05, 4.69) is 20.7 Å². The summed E-state index contributed by atoms with van der Waals surface area (Å²) in [5.41, 5.74) is 0.454. The Labute approximate surface area is 92.2 Å². The molecule has 1 aromatic rings. The molecule has 2 nitrogen and oxygen atoms in total. The van der Waals surface area contributed by atoms with Crippen LogP contribution in [0.25, 0.3) is 0 Å². The van der Waals surface area contributed by atoms with E-state index in [4.69, 9.17) is 0 Å². The summed E-state index contributed by atoms with van der Waals surface area (Å²) in [7, 11) is 0. The Kier molecular flexibility index (Phi) is 3.38. The van der Waals surface area contributed by atoms with E-state index in [0.29, 0.717) is 10.0 Å². The highest BCUT2D eigenvalue weighted by atomic mass is 79.9. The first-order valence-corrected chi connectivity index (χ1v) is 4.65. The fourth-order valence-electron chi connectivity index (χ4n) is 0.842. The van der Waals surface area contributed by atoms with E-state index in [1.54, 1.807) is 19.1 Å². The highest BCUT2D eigenvalue weighted by Gasteiger charge is 2.41. The lowest BCUT2D eigenvalue weighted by atomic mass is 10.2. The average Bonchev–Trinajstić information content (AvgIpc) is 2.09. The van der Waals surface area contributed by atoms with Crippen LogP contribution >= 0.6 is 15.9 Å². The van der Waals surface area contributed by atoms with Crippen molar-refractivity contribution in [2.45, 2.75) is 13.1 Å². The first-order valence-electron chi connectivity index (χ1n) is 3.86. The lowest BCUT2D eigenvalue weighted by Crippen LogP contribution is -2.28. The van der Waals surface area contributed by atoms with Crippen LogP contribution in [0.5, 0.6) is 5.75 Å². The number of alkyl halides is 3. The second kappa shape index (κ2) is 4.22. The minimum Gasteiger partial charge on any atom is -0.420 e. The fraction of sp³-hybridized carbons (Fsp3) is 0.222.